The van der Waals surface area contributed by atoms with Crippen molar-refractivity contribution in [1.82, 2.24) is 19.9 Å². The van der Waals surface area contributed by atoms with Gasteiger partial charge in [0.15, 0.2) is 23.1 Å². The standard InChI is InChI=1S/C48H28N4O/c1-3-13-30(14-4-1)45-50-46(39-27-32-17-7-9-19-34(32)36-21-11-12-22-37(36)39)52-47(51-45)40-28-33-18-8-10-20-35(33)43-38(40)25-23-29-24-26-41-44(42(29)43)53-48(49-41)31-15-5-2-6-16-31/h1-28H. The molecule has 5 nitrogen and oxygen atoms in total. The van der Waals surface area contributed by atoms with Crippen LogP contribution in [0.15, 0.2) is 174 Å². The van der Waals surface area contributed by atoms with Crippen molar-refractivity contribution < 1.29 is 4.42 Å². The molecule has 0 fully saturated rings. The second-order valence-corrected chi connectivity index (χ2v) is 13.4. The quantitative estimate of drug-likeness (QED) is 0.174. The number of rotatable bonds is 4. The Balaban J connectivity index is 1.24. The van der Waals surface area contributed by atoms with Crippen molar-refractivity contribution in [2.24, 2.45) is 0 Å². The van der Waals surface area contributed by atoms with Crippen LogP contribution in [0.25, 0.3) is 111 Å². The van der Waals surface area contributed by atoms with Gasteiger partial charge in [0, 0.05) is 33.0 Å². The first-order chi connectivity index (χ1) is 26.3. The minimum absolute atomic E-state index is 0.600. The fourth-order valence-electron chi connectivity index (χ4n) is 7.84. The molecule has 0 aliphatic heterocycles. The minimum Gasteiger partial charge on any atom is -0.435 e. The first-order valence-electron chi connectivity index (χ1n) is 17.7. The van der Waals surface area contributed by atoms with E-state index in [9.17, 15) is 0 Å². The van der Waals surface area contributed by atoms with E-state index in [-0.39, 0.29) is 0 Å². The van der Waals surface area contributed by atoms with Gasteiger partial charge in [0.25, 0.3) is 0 Å². The Hall–Kier alpha value is -7.24. The summed E-state index contributed by atoms with van der Waals surface area (Å²) in [6, 6.07) is 58.7. The number of aromatic nitrogens is 4. The van der Waals surface area contributed by atoms with Crippen LogP contribution in [0.5, 0.6) is 0 Å². The molecule has 2 aromatic heterocycles. The Bertz CT molecular complexity index is 3230. The van der Waals surface area contributed by atoms with Gasteiger partial charge in [0.2, 0.25) is 5.89 Å². The van der Waals surface area contributed by atoms with Gasteiger partial charge in [-0.3, -0.25) is 0 Å². The van der Waals surface area contributed by atoms with Crippen molar-refractivity contribution in [2.45, 2.75) is 0 Å². The van der Waals surface area contributed by atoms with E-state index in [1.54, 1.807) is 0 Å². The van der Waals surface area contributed by atoms with Crippen molar-refractivity contribution in [3.8, 4) is 45.6 Å². The van der Waals surface area contributed by atoms with E-state index in [1.165, 1.54) is 5.39 Å². The van der Waals surface area contributed by atoms with Crippen molar-refractivity contribution in [3.63, 3.8) is 0 Å². The molecule has 0 spiro atoms. The number of hydrogen-bond acceptors (Lipinski definition) is 5. The van der Waals surface area contributed by atoms with Crippen molar-refractivity contribution in [2.75, 3.05) is 0 Å². The lowest BCUT2D eigenvalue weighted by molar-refractivity contribution is 0.623. The number of oxazole rings is 1. The molecule has 0 aliphatic rings. The van der Waals surface area contributed by atoms with Crippen LogP contribution in [0.1, 0.15) is 0 Å². The third kappa shape index (κ3) is 4.71. The lowest BCUT2D eigenvalue weighted by Gasteiger charge is -2.15. The Morgan fingerprint density at radius 3 is 1.62 bits per heavy atom. The van der Waals surface area contributed by atoms with Gasteiger partial charge in [-0.15, -0.1) is 0 Å². The minimum atomic E-state index is 0.600. The van der Waals surface area contributed by atoms with Crippen LogP contribution in [0.3, 0.4) is 0 Å². The molecule has 0 unspecified atom stereocenters. The van der Waals surface area contributed by atoms with E-state index in [1.807, 2.05) is 54.6 Å². The monoisotopic (exact) mass is 676 g/mol. The highest BCUT2D eigenvalue weighted by Gasteiger charge is 2.21. The molecule has 11 aromatic rings. The third-order valence-electron chi connectivity index (χ3n) is 10.3. The molecular weight excluding hydrogens is 649 g/mol. The van der Waals surface area contributed by atoms with Crippen LogP contribution in [0.2, 0.25) is 0 Å². The Labute approximate surface area is 303 Å². The average Bonchev–Trinajstić information content (AvgIpc) is 3.68. The van der Waals surface area contributed by atoms with Crippen LogP contribution in [0.4, 0.5) is 0 Å². The number of hydrogen-bond donors (Lipinski definition) is 0. The largest absolute Gasteiger partial charge is 0.435 e. The maximum absolute atomic E-state index is 6.65. The van der Waals surface area contributed by atoms with Crippen LogP contribution >= 0.6 is 0 Å². The molecule has 246 valence electrons. The van der Waals surface area contributed by atoms with Crippen LogP contribution < -0.4 is 0 Å². The molecule has 0 saturated heterocycles. The zero-order valence-corrected chi connectivity index (χ0v) is 28.4. The average molecular weight is 677 g/mol. The summed E-state index contributed by atoms with van der Waals surface area (Å²) in [7, 11) is 0. The lowest BCUT2D eigenvalue weighted by Crippen LogP contribution is -2.01. The topological polar surface area (TPSA) is 64.7 Å². The predicted octanol–water partition coefficient (Wildman–Crippen LogP) is 12.4. The first kappa shape index (κ1) is 29.5. The molecule has 0 bridgehead atoms. The summed E-state index contributed by atoms with van der Waals surface area (Å²) in [5, 5.41) is 11.0. The van der Waals surface area contributed by atoms with Gasteiger partial charge in [-0.2, -0.15) is 0 Å². The zero-order valence-electron chi connectivity index (χ0n) is 28.4. The third-order valence-corrected chi connectivity index (χ3v) is 10.3. The summed E-state index contributed by atoms with van der Waals surface area (Å²) in [5.41, 5.74) is 5.33. The zero-order chi connectivity index (χ0) is 34.9. The molecule has 0 atom stereocenters. The number of nitrogens with zero attached hydrogens (tertiary/aromatic N) is 4. The van der Waals surface area contributed by atoms with E-state index in [0.717, 1.165) is 81.8 Å². The van der Waals surface area contributed by atoms with Crippen LogP contribution in [-0.2, 0) is 0 Å². The summed E-state index contributed by atoms with van der Waals surface area (Å²) in [6.45, 7) is 0. The highest BCUT2D eigenvalue weighted by molar-refractivity contribution is 6.28. The molecule has 0 aliphatic carbocycles. The number of fused-ring (bicyclic) bond motifs is 10. The normalized spacial score (nSPS) is 11.8. The summed E-state index contributed by atoms with van der Waals surface area (Å²) >= 11 is 0. The molecule has 0 radical (unpaired) electrons. The van der Waals surface area contributed by atoms with Gasteiger partial charge in [0.05, 0.1) is 0 Å². The molecule has 9 aromatic carbocycles. The molecule has 53 heavy (non-hydrogen) atoms. The fraction of sp³-hybridized carbons (Fsp3) is 0. The molecule has 0 N–H and O–H groups in total. The van der Waals surface area contributed by atoms with E-state index >= 15 is 0 Å². The van der Waals surface area contributed by atoms with Gasteiger partial charge >= 0.3 is 0 Å². The maximum Gasteiger partial charge on any atom is 0.227 e. The van der Waals surface area contributed by atoms with Gasteiger partial charge in [-0.05, 0) is 73.4 Å². The van der Waals surface area contributed by atoms with E-state index < -0.39 is 0 Å². The predicted molar refractivity (Wildman–Crippen MR) is 217 cm³/mol. The van der Waals surface area contributed by atoms with E-state index in [2.05, 4.69) is 115 Å². The Morgan fingerprint density at radius 2 is 0.887 bits per heavy atom. The Morgan fingerprint density at radius 1 is 0.340 bits per heavy atom. The lowest BCUT2D eigenvalue weighted by atomic mass is 9.92. The second-order valence-electron chi connectivity index (χ2n) is 13.4. The van der Waals surface area contributed by atoms with Gasteiger partial charge in [0.1, 0.15) is 5.52 Å². The highest BCUT2D eigenvalue weighted by Crippen LogP contribution is 2.42. The van der Waals surface area contributed by atoms with Crippen molar-refractivity contribution in [3.05, 3.63) is 170 Å². The SMILES string of the molecule is c1ccc(-c2nc(-c3cc4ccccc4c4ccccc34)nc(-c3cc4ccccc4c4c3ccc3ccc5nc(-c6ccccc6)oc5c34)n2)cc1. The van der Waals surface area contributed by atoms with Crippen LogP contribution in [0, 0.1) is 0 Å². The van der Waals surface area contributed by atoms with E-state index in [0.29, 0.717) is 23.4 Å². The summed E-state index contributed by atoms with van der Waals surface area (Å²) in [4.78, 5) is 20.7. The summed E-state index contributed by atoms with van der Waals surface area (Å²) in [5.74, 6) is 2.46. The molecule has 0 saturated carbocycles. The van der Waals surface area contributed by atoms with Crippen molar-refractivity contribution >= 4 is 65.0 Å². The molecule has 2 heterocycles. The molecule has 0 amide bonds. The van der Waals surface area contributed by atoms with E-state index in [4.69, 9.17) is 24.4 Å². The van der Waals surface area contributed by atoms with Crippen molar-refractivity contribution in [1.29, 1.82) is 0 Å². The summed E-state index contributed by atoms with van der Waals surface area (Å²) in [6.07, 6.45) is 0. The Kier molecular flexibility index (Phi) is 6.48. The van der Waals surface area contributed by atoms with Crippen LogP contribution in [-0.4, -0.2) is 19.9 Å². The summed E-state index contributed by atoms with van der Waals surface area (Å²) < 4.78 is 6.65. The molecule has 11 rings (SSSR count). The van der Waals surface area contributed by atoms with Gasteiger partial charge in [-0.25, -0.2) is 19.9 Å². The second kappa shape index (κ2) is 11.7. The first-order valence-corrected chi connectivity index (χ1v) is 17.7. The highest BCUT2D eigenvalue weighted by atomic mass is 16.3. The van der Waals surface area contributed by atoms with Gasteiger partial charge < -0.3 is 4.42 Å². The smallest absolute Gasteiger partial charge is 0.227 e. The number of benzene rings is 9. The maximum atomic E-state index is 6.65. The molecular formula is C48H28N4O. The fourth-order valence-corrected chi connectivity index (χ4v) is 7.84. The molecule has 5 heteroatoms. The van der Waals surface area contributed by atoms with Gasteiger partial charge in [-0.1, -0.05) is 140 Å².